The predicted molar refractivity (Wildman–Crippen MR) is 81.7 cm³/mol. The Morgan fingerprint density at radius 1 is 1.30 bits per heavy atom. The van der Waals surface area contributed by atoms with Crippen LogP contribution in [0.3, 0.4) is 0 Å². The zero-order chi connectivity index (χ0) is 13.9. The van der Waals surface area contributed by atoms with E-state index in [1.807, 2.05) is 6.33 Å². The van der Waals surface area contributed by atoms with Gasteiger partial charge in [-0.2, -0.15) is 0 Å². The minimum Gasteiger partial charge on any atom is -0.332 e. The molecule has 4 heteroatoms. The number of imidazole rings is 1. The Labute approximate surface area is 122 Å². The second kappa shape index (κ2) is 6.27. The van der Waals surface area contributed by atoms with Gasteiger partial charge in [-0.25, -0.2) is 4.98 Å². The third-order valence-corrected chi connectivity index (χ3v) is 4.94. The molecule has 1 aromatic heterocycles. The van der Waals surface area contributed by atoms with Crippen molar-refractivity contribution in [2.75, 3.05) is 13.1 Å². The minimum atomic E-state index is 0.493. The molecule has 1 N–H and O–H groups in total. The van der Waals surface area contributed by atoms with Gasteiger partial charge in [0.05, 0.1) is 12.0 Å². The summed E-state index contributed by atoms with van der Waals surface area (Å²) in [6, 6.07) is 1.74. The Kier molecular flexibility index (Phi) is 4.41. The Bertz CT molecular complexity index is 422. The second-order valence-electron chi connectivity index (χ2n) is 6.61. The van der Waals surface area contributed by atoms with Crippen LogP contribution in [0.5, 0.6) is 0 Å². The van der Waals surface area contributed by atoms with Crippen LogP contribution in [0.2, 0.25) is 0 Å². The molecular formula is C16H28N4. The summed E-state index contributed by atoms with van der Waals surface area (Å²) in [5.41, 5.74) is 1.38. The Hall–Kier alpha value is -0.870. The van der Waals surface area contributed by atoms with Gasteiger partial charge in [0.15, 0.2) is 0 Å². The van der Waals surface area contributed by atoms with Crippen LogP contribution in [0.25, 0.3) is 0 Å². The lowest BCUT2D eigenvalue weighted by molar-refractivity contribution is 0.230. The van der Waals surface area contributed by atoms with E-state index in [9.17, 15) is 0 Å². The number of likely N-dealkylation sites (tertiary alicyclic amines) is 1. The van der Waals surface area contributed by atoms with Gasteiger partial charge in [0.2, 0.25) is 0 Å². The van der Waals surface area contributed by atoms with Crippen LogP contribution < -0.4 is 5.32 Å². The van der Waals surface area contributed by atoms with Gasteiger partial charge in [0.1, 0.15) is 0 Å². The van der Waals surface area contributed by atoms with Crippen molar-refractivity contribution < 1.29 is 0 Å². The average Bonchev–Trinajstić information content (AvgIpc) is 3.09. The third kappa shape index (κ3) is 3.07. The van der Waals surface area contributed by atoms with Gasteiger partial charge in [-0.15, -0.1) is 0 Å². The van der Waals surface area contributed by atoms with Crippen molar-refractivity contribution in [3.8, 4) is 0 Å². The van der Waals surface area contributed by atoms with Crippen LogP contribution in [0.4, 0.5) is 0 Å². The molecule has 2 saturated heterocycles. The van der Waals surface area contributed by atoms with Crippen molar-refractivity contribution in [1.29, 1.82) is 0 Å². The number of piperidine rings is 1. The Morgan fingerprint density at radius 3 is 2.85 bits per heavy atom. The number of rotatable bonds is 4. The van der Waals surface area contributed by atoms with E-state index in [2.05, 4.69) is 39.8 Å². The highest BCUT2D eigenvalue weighted by molar-refractivity contribution is 5.07. The van der Waals surface area contributed by atoms with E-state index in [1.54, 1.807) is 0 Å². The van der Waals surface area contributed by atoms with Crippen LogP contribution in [-0.4, -0.2) is 39.6 Å². The minimum absolute atomic E-state index is 0.493. The molecule has 4 nitrogen and oxygen atoms in total. The fourth-order valence-corrected chi connectivity index (χ4v) is 3.73. The van der Waals surface area contributed by atoms with Crippen molar-refractivity contribution >= 4 is 0 Å². The topological polar surface area (TPSA) is 33.1 Å². The molecule has 0 amide bonds. The lowest BCUT2D eigenvalue weighted by atomic mass is 9.97. The highest BCUT2D eigenvalue weighted by atomic mass is 15.2. The molecule has 0 aliphatic carbocycles. The van der Waals surface area contributed by atoms with Crippen molar-refractivity contribution in [1.82, 2.24) is 19.8 Å². The van der Waals surface area contributed by atoms with Gasteiger partial charge in [-0.05, 0) is 59.0 Å². The highest BCUT2D eigenvalue weighted by Gasteiger charge is 2.24. The molecule has 0 saturated carbocycles. The molecule has 0 aromatic carbocycles. The molecule has 3 unspecified atom stereocenters. The SMILES string of the molecule is CC1CCCC(c2cncn2CC(C)N2CCCC2)N1. The molecule has 3 atom stereocenters. The molecule has 0 spiro atoms. The van der Waals surface area contributed by atoms with Gasteiger partial charge in [0.25, 0.3) is 0 Å². The molecule has 2 aliphatic rings. The highest BCUT2D eigenvalue weighted by Crippen LogP contribution is 2.25. The maximum absolute atomic E-state index is 4.41. The van der Waals surface area contributed by atoms with Gasteiger partial charge in [-0.1, -0.05) is 0 Å². The normalized spacial score (nSPS) is 29.7. The zero-order valence-electron chi connectivity index (χ0n) is 12.9. The maximum atomic E-state index is 4.41. The first-order chi connectivity index (χ1) is 9.74. The molecule has 1 aromatic rings. The summed E-state index contributed by atoms with van der Waals surface area (Å²) in [5.74, 6) is 0. The molecule has 3 rings (SSSR count). The van der Waals surface area contributed by atoms with Gasteiger partial charge < -0.3 is 9.88 Å². The van der Waals surface area contributed by atoms with E-state index < -0.39 is 0 Å². The third-order valence-electron chi connectivity index (χ3n) is 4.94. The summed E-state index contributed by atoms with van der Waals surface area (Å²) < 4.78 is 2.37. The number of nitrogens with zero attached hydrogens (tertiary/aromatic N) is 3. The quantitative estimate of drug-likeness (QED) is 0.917. The summed E-state index contributed by atoms with van der Waals surface area (Å²) in [6.07, 6.45) is 10.7. The summed E-state index contributed by atoms with van der Waals surface area (Å²) in [7, 11) is 0. The Morgan fingerprint density at radius 2 is 2.10 bits per heavy atom. The first-order valence-corrected chi connectivity index (χ1v) is 8.24. The summed E-state index contributed by atoms with van der Waals surface area (Å²) >= 11 is 0. The zero-order valence-corrected chi connectivity index (χ0v) is 12.9. The Balaban J connectivity index is 1.66. The molecule has 0 radical (unpaired) electrons. The van der Waals surface area contributed by atoms with E-state index in [0.717, 1.165) is 6.54 Å². The maximum Gasteiger partial charge on any atom is 0.0949 e. The average molecular weight is 276 g/mol. The fourth-order valence-electron chi connectivity index (χ4n) is 3.73. The van der Waals surface area contributed by atoms with Crippen LogP contribution in [0, 0.1) is 0 Å². The fraction of sp³-hybridized carbons (Fsp3) is 0.812. The van der Waals surface area contributed by atoms with Crippen LogP contribution in [-0.2, 0) is 6.54 Å². The molecular weight excluding hydrogens is 248 g/mol. The predicted octanol–water partition coefficient (Wildman–Crippen LogP) is 2.57. The van der Waals surface area contributed by atoms with E-state index in [-0.39, 0.29) is 0 Å². The van der Waals surface area contributed by atoms with Crippen molar-refractivity contribution in [2.24, 2.45) is 0 Å². The number of aromatic nitrogens is 2. The van der Waals surface area contributed by atoms with Crippen LogP contribution in [0.1, 0.15) is 57.7 Å². The largest absolute Gasteiger partial charge is 0.332 e. The molecule has 2 aliphatic heterocycles. The van der Waals surface area contributed by atoms with Crippen molar-refractivity contribution in [3.63, 3.8) is 0 Å². The summed E-state index contributed by atoms with van der Waals surface area (Å²) in [6.45, 7) is 8.25. The van der Waals surface area contributed by atoms with Gasteiger partial charge >= 0.3 is 0 Å². The van der Waals surface area contributed by atoms with Gasteiger partial charge in [0, 0.05) is 30.9 Å². The first-order valence-electron chi connectivity index (χ1n) is 8.24. The molecule has 2 fully saturated rings. The second-order valence-corrected chi connectivity index (χ2v) is 6.61. The van der Waals surface area contributed by atoms with E-state index in [0.29, 0.717) is 18.1 Å². The van der Waals surface area contributed by atoms with E-state index in [4.69, 9.17) is 0 Å². The number of hydrogen-bond donors (Lipinski definition) is 1. The smallest absolute Gasteiger partial charge is 0.0949 e. The number of hydrogen-bond acceptors (Lipinski definition) is 3. The van der Waals surface area contributed by atoms with E-state index in [1.165, 1.54) is 50.9 Å². The lowest BCUT2D eigenvalue weighted by Gasteiger charge is -2.31. The van der Waals surface area contributed by atoms with Gasteiger partial charge in [-0.3, -0.25) is 4.90 Å². The first kappa shape index (κ1) is 14.1. The standard InChI is InChI=1S/C16H28N4/c1-13-6-5-7-15(18-13)16-10-17-12-20(16)11-14(2)19-8-3-4-9-19/h10,12-15,18H,3-9,11H2,1-2H3. The van der Waals surface area contributed by atoms with E-state index >= 15 is 0 Å². The summed E-state index contributed by atoms with van der Waals surface area (Å²) in [5, 5.41) is 3.73. The molecule has 20 heavy (non-hydrogen) atoms. The molecule has 3 heterocycles. The molecule has 112 valence electrons. The van der Waals surface area contributed by atoms with Crippen LogP contribution in [0.15, 0.2) is 12.5 Å². The van der Waals surface area contributed by atoms with Crippen LogP contribution >= 0.6 is 0 Å². The lowest BCUT2D eigenvalue weighted by Crippen LogP contribution is -2.37. The summed E-state index contributed by atoms with van der Waals surface area (Å²) in [4.78, 5) is 7.02. The molecule has 0 bridgehead atoms. The number of nitrogens with one attached hydrogen (secondary N) is 1. The van der Waals surface area contributed by atoms with Crippen molar-refractivity contribution in [3.05, 3.63) is 18.2 Å². The van der Waals surface area contributed by atoms with Crippen molar-refractivity contribution in [2.45, 2.75) is 70.6 Å². The monoisotopic (exact) mass is 276 g/mol.